The van der Waals surface area contributed by atoms with Crippen molar-refractivity contribution in [2.45, 2.75) is 61.6 Å². The predicted octanol–water partition coefficient (Wildman–Crippen LogP) is 3.44. The van der Waals surface area contributed by atoms with Crippen LogP contribution in [0.15, 0.2) is 54.9 Å². The molecule has 1 saturated heterocycles. The number of benzene rings is 1. The fraction of sp³-hybridized carbons (Fsp3) is 0.536. The van der Waals surface area contributed by atoms with Gasteiger partial charge in [-0.15, -0.1) is 0 Å². The number of hydrogen-bond donors (Lipinski definition) is 2. The van der Waals surface area contributed by atoms with Crippen LogP contribution in [0.1, 0.15) is 50.5 Å². The van der Waals surface area contributed by atoms with Crippen molar-refractivity contribution in [1.29, 1.82) is 0 Å². The van der Waals surface area contributed by atoms with Gasteiger partial charge in [0.05, 0.1) is 29.6 Å². The Morgan fingerprint density at radius 1 is 1.06 bits per heavy atom. The third kappa shape index (κ3) is 4.48. The summed E-state index contributed by atoms with van der Waals surface area (Å²) in [6, 6.07) is 14.0. The molecule has 0 radical (unpaired) electrons. The largest absolute Gasteiger partial charge is 0.388 e. The zero-order chi connectivity index (χ0) is 25.4. The Kier molecular flexibility index (Phi) is 6.51. The summed E-state index contributed by atoms with van der Waals surface area (Å²) in [6.45, 7) is 0.829. The van der Waals surface area contributed by atoms with Gasteiger partial charge < -0.3 is 20.2 Å². The van der Waals surface area contributed by atoms with Gasteiger partial charge in [-0.3, -0.25) is 14.7 Å². The topological polar surface area (TPSA) is 89.0 Å². The number of amides is 3. The zero-order valence-corrected chi connectivity index (χ0v) is 21.3. The molecule has 2 N–H and O–H groups in total. The predicted molar refractivity (Wildman–Crippen MR) is 138 cm³/mol. The average Bonchev–Trinajstić information content (AvgIpc) is 3.09. The Bertz CT molecular complexity index is 1080. The van der Waals surface area contributed by atoms with Gasteiger partial charge in [0.15, 0.2) is 0 Å². The molecule has 36 heavy (non-hydrogen) atoms. The van der Waals surface area contributed by atoms with Gasteiger partial charge in [0, 0.05) is 18.3 Å². The molecule has 2 heterocycles. The standard InChI is InChI=1S/C28H37N5O3/c1-31(2)28(22-8-4-3-5-9-22)15-13-26(14-16-28)20-32(19-24(34)30-23-10-6-17-29-18-23)25(35)33(26)21-27(36)11-7-12-27/h3-6,8-10,17-18,36H,7,11-16,19-21H2,1-2H3,(H,30,34)/t26-,28-. The highest BCUT2D eigenvalue weighted by Gasteiger charge is 2.56. The van der Waals surface area contributed by atoms with Gasteiger partial charge in [-0.25, -0.2) is 4.79 Å². The van der Waals surface area contributed by atoms with Crippen LogP contribution in [0, 0.1) is 0 Å². The second-order valence-electron chi connectivity index (χ2n) is 11.1. The van der Waals surface area contributed by atoms with E-state index >= 15 is 0 Å². The molecule has 1 aliphatic heterocycles. The summed E-state index contributed by atoms with van der Waals surface area (Å²) >= 11 is 0. The Labute approximate surface area is 213 Å². The van der Waals surface area contributed by atoms with Gasteiger partial charge in [0.1, 0.15) is 6.54 Å². The van der Waals surface area contributed by atoms with Crippen molar-refractivity contribution in [3.63, 3.8) is 0 Å². The fourth-order valence-corrected chi connectivity index (χ4v) is 6.39. The number of aromatic nitrogens is 1. The van der Waals surface area contributed by atoms with Crippen LogP contribution in [0.3, 0.4) is 0 Å². The number of nitrogens with zero attached hydrogens (tertiary/aromatic N) is 4. The van der Waals surface area contributed by atoms with Gasteiger partial charge in [0.25, 0.3) is 0 Å². The first kappa shape index (κ1) is 24.7. The van der Waals surface area contributed by atoms with Crippen LogP contribution in [-0.4, -0.2) is 81.6 Å². The van der Waals surface area contributed by atoms with Gasteiger partial charge in [-0.05, 0) is 76.7 Å². The third-order valence-corrected chi connectivity index (χ3v) is 8.75. The summed E-state index contributed by atoms with van der Waals surface area (Å²) in [7, 11) is 4.27. The van der Waals surface area contributed by atoms with E-state index in [2.05, 4.69) is 53.6 Å². The van der Waals surface area contributed by atoms with E-state index in [1.807, 2.05) is 11.0 Å². The van der Waals surface area contributed by atoms with Crippen molar-refractivity contribution in [3.8, 4) is 0 Å². The van der Waals surface area contributed by atoms with Gasteiger partial charge in [-0.1, -0.05) is 30.3 Å². The van der Waals surface area contributed by atoms with Crippen LogP contribution in [0.25, 0.3) is 0 Å². The molecule has 1 aromatic heterocycles. The van der Waals surface area contributed by atoms with Crippen LogP contribution >= 0.6 is 0 Å². The van der Waals surface area contributed by atoms with Gasteiger partial charge >= 0.3 is 6.03 Å². The minimum absolute atomic E-state index is 0.0120. The van der Waals surface area contributed by atoms with Crippen LogP contribution in [0.4, 0.5) is 10.5 Å². The fourth-order valence-electron chi connectivity index (χ4n) is 6.39. The molecule has 0 unspecified atom stereocenters. The van der Waals surface area contributed by atoms with E-state index in [0.29, 0.717) is 18.8 Å². The smallest absolute Gasteiger partial charge is 0.321 e. The minimum Gasteiger partial charge on any atom is -0.388 e. The maximum atomic E-state index is 13.7. The second kappa shape index (κ2) is 9.48. The van der Waals surface area contributed by atoms with Crippen molar-refractivity contribution in [2.24, 2.45) is 0 Å². The van der Waals surface area contributed by atoms with E-state index in [9.17, 15) is 14.7 Å². The Hall–Kier alpha value is -2.97. The summed E-state index contributed by atoms with van der Waals surface area (Å²) in [5, 5.41) is 13.9. The molecule has 5 rings (SSSR count). The summed E-state index contributed by atoms with van der Waals surface area (Å²) in [5.41, 5.74) is 0.615. The number of nitrogens with one attached hydrogen (secondary N) is 1. The summed E-state index contributed by atoms with van der Waals surface area (Å²) in [5.74, 6) is -0.238. The number of carbonyl (C=O) groups is 2. The van der Waals surface area contributed by atoms with Crippen molar-refractivity contribution in [2.75, 3.05) is 39.0 Å². The molecule has 0 bridgehead atoms. The molecule has 8 heteroatoms. The highest BCUT2D eigenvalue weighted by molar-refractivity contribution is 5.94. The van der Waals surface area contributed by atoms with E-state index in [4.69, 9.17) is 0 Å². The quantitative estimate of drug-likeness (QED) is 0.619. The number of aliphatic hydroxyl groups is 1. The van der Waals surface area contributed by atoms with Crippen molar-refractivity contribution in [1.82, 2.24) is 19.7 Å². The lowest BCUT2D eigenvalue weighted by atomic mass is 9.67. The molecule has 1 aromatic carbocycles. The normalized spacial score (nSPS) is 27.4. The lowest BCUT2D eigenvalue weighted by molar-refractivity contribution is -0.116. The third-order valence-electron chi connectivity index (χ3n) is 8.75. The molecule has 2 saturated carbocycles. The van der Waals surface area contributed by atoms with E-state index < -0.39 is 5.60 Å². The molecule has 1 spiro atoms. The van der Waals surface area contributed by atoms with Crippen LogP contribution in [-0.2, 0) is 10.3 Å². The number of carbonyl (C=O) groups excluding carboxylic acids is 2. The van der Waals surface area contributed by atoms with Gasteiger partial charge in [0.2, 0.25) is 5.91 Å². The molecular formula is C28H37N5O3. The first-order valence-corrected chi connectivity index (χ1v) is 13.0. The lowest BCUT2D eigenvalue weighted by Crippen LogP contribution is -2.59. The summed E-state index contributed by atoms with van der Waals surface area (Å²) in [4.78, 5) is 36.4. The first-order valence-electron chi connectivity index (χ1n) is 13.0. The van der Waals surface area contributed by atoms with E-state index in [1.54, 1.807) is 29.4 Å². The molecule has 8 nitrogen and oxygen atoms in total. The number of pyridine rings is 1. The Morgan fingerprint density at radius 2 is 1.78 bits per heavy atom. The molecule has 3 fully saturated rings. The highest BCUT2D eigenvalue weighted by atomic mass is 16.3. The monoisotopic (exact) mass is 491 g/mol. The second-order valence-corrected chi connectivity index (χ2v) is 11.1. The molecule has 192 valence electrons. The molecule has 3 amide bonds. The number of anilines is 1. The lowest BCUT2D eigenvalue weighted by Gasteiger charge is -2.52. The zero-order valence-electron chi connectivity index (χ0n) is 21.3. The SMILES string of the molecule is CN(C)[C@]1(c2ccccc2)CC[C@@]2(CC1)CN(CC(=O)Nc1cccnc1)C(=O)N2CC1(O)CCC1. The van der Waals surface area contributed by atoms with E-state index in [0.717, 1.165) is 44.9 Å². The Balaban J connectivity index is 1.37. The molecular weight excluding hydrogens is 454 g/mol. The Morgan fingerprint density at radius 3 is 2.36 bits per heavy atom. The van der Waals surface area contributed by atoms with E-state index in [-0.39, 0.29) is 29.6 Å². The average molecular weight is 492 g/mol. The van der Waals surface area contributed by atoms with Crippen LogP contribution in [0.2, 0.25) is 0 Å². The van der Waals surface area contributed by atoms with Gasteiger partial charge in [-0.2, -0.15) is 0 Å². The summed E-state index contributed by atoms with van der Waals surface area (Å²) in [6.07, 6.45) is 9.13. The van der Waals surface area contributed by atoms with Crippen molar-refractivity contribution < 1.29 is 14.7 Å². The van der Waals surface area contributed by atoms with E-state index in [1.165, 1.54) is 5.56 Å². The van der Waals surface area contributed by atoms with Crippen LogP contribution in [0.5, 0.6) is 0 Å². The number of hydrogen-bond acceptors (Lipinski definition) is 5. The number of urea groups is 1. The minimum atomic E-state index is -0.813. The first-order chi connectivity index (χ1) is 17.3. The highest BCUT2D eigenvalue weighted by Crippen LogP contribution is 2.50. The molecule has 2 aromatic rings. The number of rotatable bonds is 7. The van der Waals surface area contributed by atoms with Crippen molar-refractivity contribution >= 4 is 17.6 Å². The molecule has 2 aliphatic carbocycles. The molecule has 0 atom stereocenters. The summed E-state index contributed by atoms with van der Waals surface area (Å²) < 4.78 is 0. The maximum absolute atomic E-state index is 13.7. The van der Waals surface area contributed by atoms with Crippen LogP contribution < -0.4 is 5.32 Å². The maximum Gasteiger partial charge on any atom is 0.321 e. The molecule has 3 aliphatic rings. The number of β-amino-alcohol motifs (C(OH)–C–C–N with tert-alkyl or cyclic N) is 1. The van der Waals surface area contributed by atoms with Crippen molar-refractivity contribution in [3.05, 3.63) is 60.4 Å².